The molecule has 2 N–H and O–H groups in total. The van der Waals surface area contributed by atoms with Crippen LogP contribution in [-0.2, 0) is 16.6 Å². The number of rotatable bonds is 7. The van der Waals surface area contributed by atoms with Crippen molar-refractivity contribution >= 4 is 27.7 Å². The number of hydrogen-bond acceptors (Lipinski definition) is 4. The Balaban J connectivity index is 1.73. The molecule has 3 rings (SSSR count). The molecule has 0 heterocycles. The molecule has 0 aliphatic rings. The van der Waals surface area contributed by atoms with Crippen LogP contribution in [0.4, 0.5) is 0 Å². The van der Waals surface area contributed by atoms with Gasteiger partial charge in [-0.3, -0.25) is 4.79 Å². The molecule has 5 nitrogen and oxygen atoms in total. The fourth-order valence-corrected chi connectivity index (χ4v) is 4.33. The quantitative estimate of drug-likeness (QED) is 0.599. The van der Waals surface area contributed by atoms with Crippen molar-refractivity contribution in [3.63, 3.8) is 0 Å². The van der Waals surface area contributed by atoms with Crippen LogP contribution in [0.25, 0.3) is 0 Å². The first-order valence-electron chi connectivity index (χ1n) is 9.03. The van der Waals surface area contributed by atoms with Crippen molar-refractivity contribution < 1.29 is 13.2 Å². The zero-order chi connectivity index (χ0) is 20.9. The summed E-state index contributed by atoms with van der Waals surface area (Å²) in [6, 6.07) is 22.0. The fraction of sp³-hybridized carbons (Fsp3) is 0.136. The summed E-state index contributed by atoms with van der Waals surface area (Å²) in [5.41, 5.74) is 2.79. The van der Waals surface area contributed by atoms with E-state index in [1.54, 1.807) is 30.3 Å². The lowest BCUT2D eigenvalue weighted by atomic mass is 10.1. The third-order valence-electron chi connectivity index (χ3n) is 4.34. The summed E-state index contributed by atoms with van der Waals surface area (Å²) in [4.78, 5) is 14.6. The van der Waals surface area contributed by atoms with E-state index in [1.165, 1.54) is 24.4 Å². The average Bonchev–Trinajstić information content (AvgIpc) is 2.74. The molecule has 0 saturated heterocycles. The highest BCUT2D eigenvalue weighted by Crippen LogP contribution is 2.31. The van der Waals surface area contributed by atoms with Gasteiger partial charge in [-0.05, 0) is 55.9 Å². The monoisotopic (exact) mass is 426 g/mol. The largest absolute Gasteiger partial charge is 0.348 e. The summed E-state index contributed by atoms with van der Waals surface area (Å²) in [7, 11) is -2.09. The molecule has 3 aromatic carbocycles. The molecule has 0 saturated carbocycles. The van der Waals surface area contributed by atoms with Gasteiger partial charge in [0.1, 0.15) is 0 Å². The Morgan fingerprint density at radius 2 is 1.59 bits per heavy atom. The molecule has 150 valence electrons. The molecule has 0 aromatic heterocycles. The van der Waals surface area contributed by atoms with E-state index in [9.17, 15) is 13.2 Å². The lowest BCUT2D eigenvalue weighted by Gasteiger charge is -2.11. The number of amides is 1. The van der Waals surface area contributed by atoms with Crippen molar-refractivity contribution in [1.29, 1.82) is 0 Å². The van der Waals surface area contributed by atoms with Gasteiger partial charge in [-0.1, -0.05) is 53.7 Å². The lowest BCUT2D eigenvalue weighted by molar-refractivity contribution is 0.0948. The van der Waals surface area contributed by atoms with E-state index in [4.69, 9.17) is 0 Å². The molecule has 0 fully saturated rings. The highest BCUT2D eigenvalue weighted by Gasteiger charge is 2.14. The minimum absolute atomic E-state index is 0.150. The summed E-state index contributed by atoms with van der Waals surface area (Å²) in [6.07, 6.45) is 0. The van der Waals surface area contributed by atoms with Gasteiger partial charge in [0.05, 0.1) is 10.5 Å². The maximum Gasteiger partial charge on any atom is 0.252 e. The summed E-state index contributed by atoms with van der Waals surface area (Å²) in [5.74, 6) is -0.150. The van der Waals surface area contributed by atoms with Crippen molar-refractivity contribution in [2.75, 3.05) is 7.05 Å². The first kappa shape index (κ1) is 21.1. The summed E-state index contributed by atoms with van der Waals surface area (Å²) < 4.78 is 26.0. The van der Waals surface area contributed by atoms with Crippen LogP contribution in [0.5, 0.6) is 0 Å². The molecule has 0 aliphatic carbocycles. The Labute approximate surface area is 175 Å². The predicted molar refractivity (Wildman–Crippen MR) is 116 cm³/mol. The van der Waals surface area contributed by atoms with Crippen molar-refractivity contribution in [2.24, 2.45) is 0 Å². The van der Waals surface area contributed by atoms with E-state index in [-0.39, 0.29) is 10.8 Å². The number of benzene rings is 3. The van der Waals surface area contributed by atoms with Crippen LogP contribution in [-0.4, -0.2) is 21.4 Å². The van der Waals surface area contributed by atoms with Gasteiger partial charge in [0.15, 0.2) is 0 Å². The smallest absolute Gasteiger partial charge is 0.252 e. The first-order chi connectivity index (χ1) is 13.9. The van der Waals surface area contributed by atoms with Gasteiger partial charge in [0.2, 0.25) is 10.0 Å². The summed E-state index contributed by atoms with van der Waals surface area (Å²) >= 11 is 1.42. The second kappa shape index (κ2) is 9.26. The average molecular weight is 427 g/mol. The number of carbonyl (C=O) groups is 1. The van der Waals surface area contributed by atoms with Crippen LogP contribution in [0.1, 0.15) is 21.5 Å². The zero-order valence-electron chi connectivity index (χ0n) is 16.2. The van der Waals surface area contributed by atoms with Gasteiger partial charge >= 0.3 is 0 Å². The van der Waals surface area contributed by atoms with E-state index in [0.717, 1.165) is 15.4 Å². The Morgan fingerprint density at radius 3 is 2.24 bits per heavy atom. The van der Waals surface area contributed by atoms with E-state index in [1.807, 2.05) is 49.4 Å². The van der Waals surface area contributed by atoms with Gasteiger partial charge in [-0.15, -0.1) is 0 Å². The van der Waals surface area contributed by atoms with E-state index in [2.05, 4.69) is 10.0 Å². The highest BCUT2D eigenvalue weighted by atomic mass is 32.2. The van der Waals surface area contributed by atoms with Crippen LogP contribution in [0.15, 0.2) is 87.5 Å². The van der Waals surface area contributed by atoms with Crippen molar-refractivity contribution in [3.05, 3.63) is 89.5 Å². The van der Waals surface area contributed by atoms with Gasteiger partial charge in [0, 0.05) is 16.3 Å². The van der Waals surface area contributed by atoms with Gasteiger partial charge < -0.3 is 5.32 Å². The van der Waals surface area contributed by atoms with Crippen molar-refractivity contribution in [2.45, 2.75) is 28.2 Å². The second-order valence-electron chi connectivity index (χ2n) is 6.45. The number of nitrogens with one attached hydrogen (secondary N) is 2. The normalized spacial score (nSPS) is 11.2. The molecular formula is C22H22N2O3S2. The van der Waals surface area contributed by atoms with Crippen LogP contribution in [0, 0.1) is 6.92 Å². The topological polar surface area (TPSA) is 75.3 Å². The maximum absolute atomic E-state index is 12.7. The predicted octanol–water partition coefficient (Wildman–Crippen LogP) is 3.98. The van der Waals surface area contributed by atoms with E-state index >= 15 is 0 Å². The minimum atomic E-state index is -3.47. The van der Waals surface area contributed by atoms with Crippen LogP contribution in [0.3, 0.4) is 0 Å². The van der Waals surface area contributed by atoms with Crippen molar-refractivity contribution in [1.82, 2.24) is 10.0 Å². The Hall–Kier alpha value is -2.61. The van der Waals surface area contributed by atoms with Crippen LogP contribution >= 0.6 is 11.8 Å². The Kier molecular flexibility index (Phi) is 6.74. The molecule has 3 aromatic rings. The van der Waals surface area contributed by atoms with Gasteiger partial charge in [-0.25, -0.2) is 13.1 Å². The zero-order valence-corrected chi connectivity index (χ0v) is 17.8. The first-order valence-corrected chi connectivity index (χ1v) is 11.3. The van der Waals surface area contributed by atoms with Gasteiger partial charge in [0.25, 0.3) is 5.91 Å². The standard InChI is InChI=1S/C22H22N2O3S2/c1-16-7-9-17(10-8-16)15-24-22(25)20-5-3-4-6-21(20)28-18-11-13-19(14-12-18)29(26,27)23-2/h3-14,23H,15H2,1-2H3,(H,24,25). The summed E-state index contributed by atoms with van der Waals surface area (Å²) in [5, 5.41) is 2.96. The molecule has 0 spiro atoms. The molecule has 29 heavy (non-hydrogen) atoms. The molecular weight excluding hydrogens is 404 g/mol. The fourth-order valence-electron chi connectivity index (χ4n) is 2.66. The third kappa shape index (κ3) is 5.47. The third-order valence-corrected chi connectivity index (χ3v) is 6.85. The maximum atomic E-state index is 12.7. The Morgan fingerprint density at radius 1 is 0.931 bits per heavy atom. The number of carbonyl (C=O) groups excluding carboxylic acids is 1. The number of sulfonamides is 1. The molecule has 0 bridgehead atoms. The molecule has 0 atom stereocenters. The van der Waals surface area contributed by atoms with Crippen molar-refractivity contribution in [3.8, 4) is 0 Å². The minimum Gasteiger partial charge on any atom is -0.348 e. The molecule has 7 heteroatoms. The molecule has 0 unspecified atom stereocenters. The van der Waals surface area contributed by atoms with Crippen LogP contribution < -0.4 is 10.0 Å². The molecule has 0 aliphatic heterocycles. The molecule has 0 radical (unpaired) electrons. The lowest BCUT2D eigenvalue weighted by Crippen LogP contribution is -2.23. The Bertz CT molecular complexity index is 1090. The van der Waals surface area contributed by atoms with E-state index < -0.39 is 10.0 Å². The van der Waals surface area contributed by atoms with Crippen LogP contribution in [0.2, 0.25) is 0 Å². The SMILES string of the molecule is CNS(=O)(=O)c1ccc(Sc2ccccc2C(=O)NCc2ccc(C)cc2)cc1. The van der Waals surface area contributed by atoms with Gasteiger partial charge in [-0.2, -0.15) is 0 Å². The highest BCUT2D eigenvalue weighted by molar-refractivity contribution is 7.99. The second-order valence-corrected chi connectivity index (χ2v) is 9.45. The number of hydrogen-bond donors (Lipinski definition) is 2. The van der Waals surface area contributed by atoms with E-state index in [0.29, 0.717) is 12.1 Å². The number of aryl methyl sites for hydroxylation is 1. The molecule has 1 amide bonds. The summed E-state index contributed by atoms with van der Waals surface area (Å²) in [6.45, 7) is 2.48.